The predicted octanol–water partition coefficient (Wildman–Crippen LogP) is 3.36. The Labute approximate surface area is 142 Å². The van der Waals surface area contributed by atoms with Gasteiger partial charge in [-0.3, -0.25) is 10.1 Å². The molecule has 0 unspecified atom stereocenters. The van der Waals surface area contributed by atoms with Crippen LogP contribution in [0.25, 0.3) is 11.4 Å². The SMILES string of the molecule is O=C(OCc1nc(-c2cccc(Br)c2)no1)c1ccc([N+](=O)[O-])o1. The van der Waals surface area contributed by atoms with Crippen molar-refractivity contribution < 1.29 is 23.4 Å². The zero-order valence-corrected chi connectivity index (χ0v) is 13.4. The van der Waals surface area contributed by atoms with E-state index < -0.39 is 16.8 Å². The van der Waals surface area contributed by atoms with E-state index in [0.717, 1.165) is 22.2 Å². The highest BCUT2D eigenvalue weighted by Gasteiger charge is 2.19. The minimum Gasteiger partial charge on any atom is -0.450 e. The fraction of sp³-hybridized carbons (Fsp3) is 0.0714. The average molecular weight is 394 g/mol. The van der Waals surface area contributed by atoms with Crippen molar-refractivity contribution in [2.24, 2.45) is 0 Å². The van der Waals surface area contributed by atoms with E-state index in [1.807, 2.05) is 18.2 Å². The Morgan fingerprint density at radius 1 is 1.33 bits per heavy atom. The molecular weight excluding hydrogens is 386 g/mol. The van der Waals surface area contributed by atoms with Crippen molar-refractivity contribution in [3.8, 4) is 11.4 Å². The molecule has 1 aromatic carbocycles. The lowest BCUT2D eigenvalue weighted by atomic mass is 10.2. The van der Waals surface area contributed by atoms with Crippen molar-refractivity contribution in [1.29, 1.82) is 0 Å². The number of carbonyl (C=O) groups is 1. The second-order valence-corrected chi connectivity index (χ2v) is 5.41. The van der Waals surface area contributed by atoms with Crippen LogP contribution in [0.1, 0.15) is 16.4 Å². The van der Waals surface area contributed by atoms with Crippen molar-refractivity contribution >= 4 is 27.8 Å². The molecule has 122 valence electrons. The average Bonchev–Trinajstić information content (AvgIpc) is 3.22. The summed E-state index contributed by atoms with van der Waals surface area (Å²) in [5.74, 6) is -1.27. The Balaban J connectivity index is 1.64. The van der Waals surface area contributed by atoms with E-state index >= 15 is 0 Å². The highest BCUT2D eigenvalue weighted by molar-refractivity contribution is 9.10. The number of halogens is 1. The van der Waals surface area contributed by atoms with E-state index in [9.17, 15) is 14.9 Å². The van der Waals surface area contributed by atoms with E-state index in [1.165, 1.54) is 0 Å². The Morgan fingerprint density at radius 2 is 2.17 bits per heavy atom. The molecule has 0 aliphatic carbocycles. The summed E-state index contributed by atoms with van der Waals surface area (Å²) in [6, 6.07) is 9.50. The first-order valence-electron chi connectivity index (χ1n) is 6.53. The molecule has 0 N–H and O–H groups in total. The Kier molecular flexibility index (Phi) is 4.38. The fourth-order valence-corrected chi connectivity index (χ4v) is 2.19. The molecule has 24 heavy (non-hydrogen) atoms. The second-order valence-electron chi connectivity index (χ2n) is 4.49. The number of hydrogen-bond acceptors (Lipinski definition) is 8. The molecule has 0 aliphatic heterocycles. The van der Waals surface area contributed by atoms with Gasteiger partial charge in [-0.05, 0) is 18.2 Å². The number of nitrogens with zero attached hydrogens (tertiary/aromatic N) is 3. The number of esters is 1. The Hall–Kier alpha value is -3.01. The fourth-order valence-electron chi connectivity index (χ4n) is 1.79. The van der Waals surface area contributed by atoms with E-state index in [0.29, 0.717) is 5.82 Å². The molecule has 0 saturated heterocycles. The molecule has 0 bridgehead atoms. The first-order chi connectivity index (χ1) is 11.5. The number of carbonyl (C=O) groups excluding carboxylic acids is 1. The van der Waals surface area contributed by atoms with Gasteiger partial charge in [0.1, 0.15) is 4.92 Å². The van der Waals surface area contributed by atoms with Crippen LogP contribution in [-0.2, 0) is 11.3 Å². The number of benzene rings is 1. The molecule has 2 aromatic heterocycles. The minimum absolute atomic E-state index is 0.0828. The standard InChI is InChI=1S/C14H8BrN3O6/c15-9-3-1-2-8(6-9)13-16-11(24-17-13)7-22-14(19)10-4-5-12(23-10)18(20)21/h1-6H,7H2. The number of rotatable bonds is 5. The summed E-state index contributed by atoms with van der Waals surface area (Å²) in [6.45, 7) is -0.283. The maximum Gasteiger partial charge on any atom is 0.433 e. The third-order valence-electron chi connectivity index (χ3n) is 2.85. The van der Waals surface area contributed by atoms with Gasteiger partial charge in [0.15, 0.2) is 6.61 Å². The lowest BCUT2D eigenvalue weighted by Gasteiger charge is -1.97. The molecule has 0 aliphatic rings. The molecule has 3 aromatic rings. The summed E-state index contributed by atoms with van der Waals surface area (Å²) in [4.78, 5) is 25.6. The Bertz CT molecular complexity index is 903. The van der Waals surface area contributed by atoms with Gasteiger partial charge >= 0.3 is 11.9 Å². The van der Waals surface area contributed by atoms with Crippen LogP contribution in [0.5, 0.6) is 0 Å². The largest absolute Gasteiger partial charge is 0.450 e. The lowest BCUT2D eigenvalue weighted by Crippen LogP contribution is -2.04. The topological polar surface area (TPSA) is 122 Å². The van der Waals surface area contributed by atoms with Crippen molar-refractivity contribution in [3.63, 3.8) is 0 Å². The summed E-state index contributed by atoms with van der Waals surface area (Å²) in [7, 11) is 0. The normalized spacial score (nSPS) is 10.5. The number of ether oxygens (including phenoxy) is 1. The van der Waals surface area contributed by atoms with Crippen LogP contribution in [0.3, 0.4) is 0 Å². The lowest BCUT2D eigenvalue weighted by molar-refractivity contribution is -0.402. The van der Waals surface area contributed by atoms with Crippen LogP contribution in [-0.4, -0.2) is 21.0 Å². The molecule has 0 fully saturated rings. The van der Waals surface area contributed by atoms with Gasteiger partial charge in [0.2, 0.25) is 11.6 Å². The molecule has 0 atom stereocenters. The zero-order valence-electron chi connectivity index (χ0n) is 11.8. The van der Waals surface area contributed by atoms with Crippen molar-refractivity contribution in [3.05, 3.63) is 62.6 Å². The molecule has 0 amide bonds. The van der Waals surface area contributed by atoms with Gasteiger partial charge in [-0.15, -0.1) is 0 Å². The number of hydrogen-bond donors (Lipinski definition) is 0. The molecule has 9 nitrogen and oxygen atoms in total. The number of nitro groups is 1. The summed E-state index contributed by atoms with van der Waals surface area (Å²) < 4.78 is 15.5. The van der Waals surface area contributed by atoms with Gasteiger partial charge < -0.3 is 13.7 Å². The van der Waals surface area contributed by atoms with E-state index in [2.05, 4.69) is 26.1 Å². The van der Waals surface area contributed by atoms with Crippen LogP contribution >= 0.6 is 15.9 Å². The first-order valence-corrected chi connectivity index (χ1v) is 7.32. The molecule has 0 radical (unpaired) electrons. The van der Waals surface area contributed by atoms with E-state index in [4.69, 9.17) is 13.7 Å². The third-order valence-corrected chi connectivity index (χ3v) is 3.34. The second kappa shape index (κ2) is 6.62. The smallest absolute Gasteiger partial charge is 0.433 e. The van der Waals surface area contributed by atoms with Crippen LogP contribution < -0.4 is 0 Å². The maximum absolute atomic E-state index is 11.7. The van der Waals surface area contributed by atoms with E-state index in [1.54, 1.807) is 6.07 Å². The predicted molar refractivity (Wildman–Crippen MR) is 81.9 cm³/mol. The van der Waals surface area contributed by atoms with Gasteiger partial charge in [0, 0.05) is 10.0 Å². The number of furan rings is 1. The van der Waals surface area contributed by atoms with Gasteiger partial charge in [0.05, 0.1) is 6.07 Å². The molecule has 3 rings (SSSR count). The highest BCUT2D eigenvalue weighted by Crippen LogP contribution is 2.21. The van der Waals surface area contributed by atoms with Crippen molar-refractivity contribution in [1.82, 2.24) is 10.1 Å². The van der Waals surface area contributed by atoms with Gasteiger partial charge in [-0.1, -0.05) is 33.2 Å². The molecule has 10 heteroatoms. The van der Waals surface area contributed by atoms with Crippen LogP contribution in [0.15, 0.2) is 49.8 Å². The molecular formula is C14H8BrN3O6. The summed E-state index contributed by atoms with van der Waals surface area (Å²) in [6.07, 6.45) is 0. The maximum atomic E-state index is 11.7. The zero-order chi connectivity index (χ0) is 17.1. The molecule has 2 heterocycles. The van der Waals surface area contributed by atoms with Crippen LogP contribution in [0, 0.1) is 10.1 Å². The molecule has 0 spiro atoms. The van der Waals surface area contributed by atoms with Gasteiger partial charge in [-0.25, -0.2) is 4.79 Å². The monoisotopic (exact) mass is 393 g/mol. The quantitative estimate of drug-likeness (QED) is 0.367. The van der Waals surface area contributed by atoms with Crippen LogP contribution in [0.2, 0.25) is 0 Å². The van der Waals surface area contributed by atoms with E-state index in [-0.39, 0.29) is 18.3 Å². The van der Waals surface area contributed by atoms with Gasteiger partial charge in [0.25, 0.3) is 5.89 Å². The summed E-state index contributed by atoms with van der Waals surface area (Å²) in [5.41, 5.74) is 0.729. The summed E-state index contributed by atoms with van der Waals surface area (Å²) >= 11 is 3.34. The summed E-state index contributed by atoms with van der Waals surface area (Å²) in [5, 5.41) is 14.3. The van der Waals surface area contributed by atoms with Crippen LogP contribution in [0.4, 0.5) is 5.88 Å². The van der Waals surface area contributed by atoms with Gasteiger partial charge in [-0.2, -0.15) is 4.98 Å². The number of aromatic nitrogens is 2. The van der Waals surface area contributed by atoms with Crippen molar-refractivity contribution in [2.75, 3.05) is 0 Å². The first kappa shape index (κ1) is 15.9. The Morgan fingerprint density at radius 3 is 2.88 bits per heavy atom. The molecule has 0 saturated carbocycles. The minimum atomic E-state index is -0.870. The third kappa shape index (κ3) is 3.49. The highest BCUT2D eigenvalue weighted by atomic mass is 79.9. The van der Waals surface area contributed by atoms with Crippen molar-refractivity contribution in [2.45, 2.75) is 6.61 Å².